The zero-order chi connectivity index (χ0) is 8.67. The van der Waals surface area contributed by atoms with Crippen LogP contribution in [0.4, 0.5) is 0 Å². The van der Waals surface area contributed by atoms with E-state index in [4.69, 9.17) is 4.52 Å². The minimum Gasteiger partial charge on any atom is -0.334 e. The lowest BCUT2D eigenvalue weighted by molar-refractivity contribution is 0.449. The molecule has 0 radical (unpaired) electrons. The summed E-state index contributed by atoms with van der Waals surface area (Å²) in [5.74, 6) is 0. The smallest absolute Gasteiger partial charge is 0.276 e. The molecule has 2 aromatic heterocycles. The van der Waals surface area contributed by atoms with Crippen LogP contribution in [0.15, 0.2) is 35.0 Å². The lowest BCUT2D eigenvalue weighted by Gasteiger charge is -1.92. The Morgan fingerprint density at radius 3 is 2.54 bits per heavy atom. The van der Waals surface area contributed by atoms with Gasteiger partial charge in [-0.05, 0) is 12.1 Å². The molecule has 0 aliphatic heterocycles. The van der Waals surface area contributed by atoms with Gasteiger partial charge in [-0.25, -0.2) is 9.97 Å². The molecule has 0 bridgehead atoms. The molecular weight excluding hydrogens is 166 g/mol. The van der Waals surface area contributed by atoms with Crippen molar-refractivity contribution < 1.29 is 4.52 Å². The average molecular weight is 171 g/mol. The van der Waals surface area contributed by atoms with Gasteiger partial charge in [0.25, 0.3) is 5.71 Å². The standard InChI is InChI=1S/C9H5N3O/c1-2-4-7-6(3-1)11-8-5-10-13-9(8)12-7/h1-5H. The number of hydrogen-bond acceptors (Lipinski definition) is 4. The lowest BCUT2D eigenvalue weighted by Crippen LogP contribution is -1.82. The van der Waals surface area contributed by atoms with Gasteiger partial charge in [0.2, 0.25) is 0 Å². The molecule has 0 N–H and O–H groups in total. The van der Waals surface area contributed by atoms with E-state index in [1.807, 2.05) is 24.3 Å². The molecule has 3 aromatic rings. The molecule has 3 rings (SSSR count). The molecule has 2 heterocycles. The van der Waals surface area contributed by atoms with Crippen molar-refractivity contribution in [2.45, 2.75) is 0 Å². The van der Waals surface area contributed by atoms with Crippen molar-refractivity contribution in [3.8, 4) is 0 Å². The molecule has 62 valence electrons. The van der Waals surface area contributed by atoms with Crippen LogP contribution >= 0.6 is 0 Å². The Bertz CT molecular complexity index is 523. The number of fused-ring (bicyclic) bond motifs is 2. The Labute approximate surface area is 73.2 Å². The Kier molecular flexibility index (Phi) is 1.14. The third-order valence-electron chi connectivity index (χ3n) is 1.88. The first-order chi connectivity index (χ1) is 6.43. The van der Waals surface area contributed by atoms with E-state index in [2.05, 4.69) is 15.1 Å². The SMILES string of the molecule is c1ccc2nc3oncc3nc2c1. The highest BCUT2D eigenvalue weighted by Crippen LogP contribution is 2.14. The Morgan fingerprint density at radius 2 is 1.69 bits per heavy atom. The summed E-state index contributed by atoms with van der Waals surface area (Å²) in [6.07, 6.45) is 1.56. The number of rotatable bonds is 0. The zero-order valence-corrected chi connectivity index (χ0v) is 6.64. The van der Waals surface area contributed by atoms with Crippen molar-refractivity contribution in [2.75, 3.05) is 0 Å². The highest BCUT2D eigenvalue weighted by Gasteiger charge is 2.02. The predicted octanol–water partition coefficient (Wildman–Crippen LogP) is 1.77. The first kappa shape index (κ1) is 6.54. The largest absolute Gasteiger partial charge is 0.334 e. The van der Waals surface area contributed by atoms with E-state index in [9.17, 15) is 0 Å². The molecule has 0 saturated heterocycles. The molecule has 13 heavy (non-hydrogen) atoms. The molecule has 0 saturated carbocycles. The second-order valence-electron chi connectivity index (χ2n) is 2.73. The number of aromatic nitrogens is 3. The normalized spacial score (nSPS) is 11.1. The summed E-state index contributed by atoms with van der Waals surface area (Å²) in [6, 6.07) is 7.65. The van der Waals surface area contributed by atoms with E-state index in [1.165, 1.54) is 0 Å². The maximum atomic E-state index is 4.90. The summed E-state index contributed by atoms with van der Waals surface area (Å²) in [7, 11) is 0. The predicted molar refractivity (Wildman–Crippen MR) is 47.1 cm³/mol. The third-order valence-corrected chi connectivity index (χ3v) is 1.88. The van der Waals surface area contributed by atoms with Crippen molar-refractivity contribution in [1.82, 2.24) is 15.1 Å². The molecule has 0 aliphatic carbocycles. The Hall–Kier alpha value is -1.97. The highest BCUT2D eigenvalue weighted by atomic mass is 16.5. The van der Waals surface area contributed by atoms with Gasteiger partial charge in [0.15, 0.2) is 5.52 Å². The number of para-hydroxylation sites is 2. The fourth-order valence-corrected chi connectivity index (χ4v) is 1.27. The van der Waals surface area contributed by atoms with Crippen LogP contribution in [0.25, 0.3) is 22.3 Å². The van der Waals surface area contributed by atoms with Gasteiger partial charge in [-0.3, -0.25) is 0 Å². The molecule has 0 fully saturated rings. The first-order valence-electron chi connectivity index (χ1n) is 3.91. The van der Waals surface area contributed by atoms with Gasteiger partial charge < -0.3 is 4.52 Å². The van der Waals surface area contributed by atoms with Gasteiger partial charge in [-0.15, -0.1) is 0 Å². The van der Waals surface area contributed by atoms with Gasteiger partial charge in [0, 0.05) is 0 Å². The summed E-state index contributed by atoms with van der Waals surface area (Å²) in [6.45, 7) is 0. The van der Waals surface area contributed by atoms with Crippen LogP contribution in [-0.4, -0.2) is 15.1 Å². The van der Waals surface area contributed by atoms with Gasteiger partial charge in [-0.2, -0.15) is 0 Å². The maximum absolute atomic E-state index is 4.90. The summed E-state index contributed by atoms with van der Waals surface area (Å²) in [5, 5.41) is 3.62. The van der Waals surface area contributed by atoms with E-state index in [-0.39, 0.29) is 0 Å². The van der Waals surface area contributed by atoms with Crippen molar-refractivity contribution in [1.29, 1.82) is 0 Å². The molecule has 0 unspecified atom stereocenters. The molecule has 0 aliphatic rings. The van der Waals surface area contributed by atoms with Crippen LogP contribution in [0.5, 0.6) is 0 Å². The van der Waals surface area contributed by atoms with Gasteiger partial charge in [0.1, 0.15) is 0 Å². The van der Waals surface area contributed by atoms with Crippen molar-refractivity contribution in [3.63, 3.8) is 0 Å². The van der Waals surface area contributed by atoms with Crippen LogP contribution in [0.1, 0.15) is 0 Å². The molecule has 4 nitrogen and oxygen atoms in total. The average Bonchev–Trinajstić information content (AvgIpc) is 2.61. The fourth-order valence-electron chi connectivity index (χ4n) is 1.27. The summed E-state index contributed by atoms with van der Waals surface area (Å²) in [5.41, 5.74) is 2.86. The van der Waals surface area contributed by atoms with E-state index >= 15 is 0 Å². The Morgan fingerprint density at radius 1 is 0.923 bits per heavy atom. The zero-order valence-electron chi connectivity index (χ0n) is 6.64. The van der Waals surface area contributed by atoms with Crippen molar-refractivity contribution in [3.05, 3.63) is 30.5 Å². The second kappa shape index (κ2) is 2.26. The first-order valence-corrected chi connectivity index (χ1v) is 3.91. The Balaban J connectivity index is 2.57. The van der Waals surface area contributed by atoms with E-state index in [1.54, 1.807) is 6.20 Å². The van der Waals surface area contributed by atoms with Crippen molar-refractivity contribution in [2.24, 2.45) is 0 Å². The number of nitrogens with zero attached hydrogens (tertiary/aromatic N) is 3. The lowest BCUT2D eigenvalue weighted by atomic mass is 10.3. The molecular formula is C9H5N3O. The van der Waals surface area contributed by atoms with E-state index in [0.29, 0.717) is 11.2 Å². The van der Waals surface area contributed by atoms with Crippen LogP contribution in [0, 0.1) is 0 Å². The van der Waals surface area contributed by atoms with E-state index in [0.717, 1.165) is 11.0 Å². The quantitative estimate of drug-likeness (QED) is 0.517. The second-order valence-corrected chi connectivity index (χ2v) is 2.73. The molecule has 0 atom stereocenters. The van der Waals surface area contributed by atoms with Crippen molar-refractivity contribution >= 4 is 22.3 Å². The van der Waals surface area contributed by atoms with Gasteiger partial charge in [-0.1, -0.05) is 17.3 Å². The number of benzene rings is 1. The highest BCUT2D eigenvalue weighted by molar-refractivity contribution is 5.82. The van der Waals surface area contributed by atoms with Crippen LogP contribution < -0.4 is 0 Å². The molecule has 1 aromatic carbocycles. The van der Waals surface area contributed by atoms with Gasteiger partial charge in [0.05, 0.1) is 17.2 Å². The minimum atomic E-state index is 0.485. The van der Waals surface area contributed by atoms with Crippen LogP contribution in [-0.2, 0) is 0 Å². The number of hydrogen-bond donors (Lipinski definition) is 0. The summed E-state index contributed by atoms with van der Waals surface area (Å²) >= 11 is 0. The minimum absolute atomic E-state index is 0.485. The monoisotopic (exact) mass is 171 g/mol. The summed E-state index contributed by atoms with van der Waals surface area (Å²) < 4.78 is 4.90. The van der Waals surface area contributed by atoms with Gasteiger partial charge >= 0.3 is 0 Å². The van der Waals surface area contributed by atoms with Crippen LogP contribution in [0.3, 0.4) is 0 Å². The molecule has 4 heteroatoms. The topological polar surface area (TPSA) is 51.8 Å². The van der Waals surface area contributed by atoms with E-state index < -0.39 is 0 Å². The third kappa shape index (κ3) is 0.885. The molecule has 0 amide bonds. The van der Waals surface area contributed by atoms with Crippen LogP contribution in [0.2, 0.25) is 0 Å². The summed E-state index contributed by atoms with van der Waals surface area (Å²) in [4.78, 5) is 8.56. The fraction of sp³-hybridized carbons (Fsp3) is 0. The maximum Gasteiger partial charge on any atom is 0.276 e. The molecule has 0 spiro atoms.